The molecule has 2 aliphatic rings. The van der Waals surface area contributed by atoms with Gasteiger partial charge in [-0.1, -0.05) is 34.1 Å². The summed E-state index contributed by atoms with van der Waals surface area (Å²) < 4.78 is 10.7. The van der Waals surface area contributed by atoms with Crippen molar-refractivity contribution in [2.24, 2.45) is 16.7 Å². The number of rotatable bonds is 7. The Morgan fingerprint density at radius 3 is 2.57 bits per heavy atom. The summed E-state index contributed by atoms with van der Waals surface area (Å²) >= 11 is 0. The molecule has 0 aromatic heterocycles. The molecule has 2 aliphatic carbocycles. The summed E-state index contributed by atoms with van der Waals surface area (Å²) in [6.07, 6.45) is 4.84. The van der Waals surface area contributed by atoms with Crippen LogP contribution >= 0.6 is 0 Å². The number of unbranched alkanes of at least 4 members (excludes halogenated alkanes) is 1. The van der Waals surface area contributed by atoms with Gasteiger partial charge in [-0.2, -0.15) is 0 Å². The fraction of sp³-hybridized carbons (Fsp3) is 0.882. The zero-order chi connectivity index (χ0) is 15.7. The van der Waals surface area contributed by atoms with E-state index in [1.54, 1.807) is 0 Å². The lowest BCUT2D eigenvalue weighted by Crippen LogP contribution is -2.40. The Kier molecular flexibility index (Phi) is 4.64. The van der Waals surface area contributed by atoms with Gasteiger partial charge in [0.15, 0.2) is 6.10 Å². The van der Waals surface area contributed by atoms with E-state index in [4.69, 9.17) is 9.47 Å². The average molecular weight is 296 g/mol. The first-order chi connectivity index (χ1) is 9.86. The molecule has 2 fully saturated rings. The van der Waals surface area contributed by atoms with Crippen molar-refractivity contribution < 1.29 is 19.1 Å². The Hall–Kier alpha value is -1.06. The molecule has 2 bridgehead atoms. The lowest BCUT2D eigenvalue weighted by Gasteiger charge is -2.38. The number of carbonyl (C=O) groups excluding carboxylic acids is 2. The largest absolute Gasteiger partial charge is 0.459 e. The van der Waals surface area contributed by atoms with E-state index in [1.807, 2.05) is 6.92 Å². The summed E-state index contributed by atoms with van der Waals surface area (Å²) in [5.74, 6) is 0.256. The second-order valence-corrected chi connectivity index (χ2v) is 7.40. The summed E-state index contributed by atoms with van der Waals surface area (Å²) in [5, 5.41) is 0. The van der Waals surface area contributed by atoms with Gasteiger partial charge in [0.2, 0.25) is 0 Å². The normalized spacial score (nSPS) is 34.5. The predicted molar refractivity (Wildman–Crippen MR) is 79.6 cm³/mol. The number of fused-ring (bicyclic) bond motifs is 2. The van der Waals surface area contributed by atoms with Gasteiger partial charge in [-0.05, 0) is 43.4 Å². The minimum atomic E-state index is -0.742. The molecule has 21 heavy (non-hydrogen) atoms. The minimum absolute atomic E-state index is 0.0434. The fourth-order valence-electron chi connectivity index (χ4n) is 4.22. The molecule has 120 valence electrons. The second kappa shape index (κ2) is 5.98. The standard InChI is InChI=1S/C17H28O4/c1-5-6-7-13(20-11-18)15(19)21-14-10-12-8-9-17(14,4)16(12,2)3/h11-14H,5-10H2,1-4H3. The van der Waals surface area contributed by atoms with Crippen LogP contribution in [0, 0.1) is 16.7 Å². The van der Waals surface area contributed by atoms with E-state index < -0.39 is 6.10 Å². The Morgan fingerprint density at radius 2 is 2.10 bits per heavy atom. The van der Waals surface area contributed by atoms with Crippen LogP contribution in [0.5, 0.6) is 0 Å². The number of esters is 1. The molecule has 4 unspecified atom stereocenters. The quantitative estimate of drug-likeness (QED) is 0.533. The van der Waals surface area contributed by atoms with Crippen molar-refractivity contribution in [3.8, 4) is 0 Å². The van der Waals surface area contributed by atoms with Crippen molar-refractivity contribution in [2.45, 2.75) is 78.4 Å². The van der Waals surface area contributed by atoms with Crippen LogP contribution in [0.4, 0.5) is 0 Å². The molecule has 4 atom stereocenters. The van der Waals surface area contributed by atoms with Crippen molar-refractivity contribution >= 4 is 12.4 Å². The van der Waals surface area contributed by atoms with Crippen LogP contribution in [0.25, 0.3) is 0 Å². The van der Waals surface area contributed by atoms with Crippen LogP contribution in [-0.2, 0) is 19.1 Å². The van der Waals surface area contributed by atoms with E-state index in [2.05, 4.69) is 20.8 Å². The molecule has 0 aromatic carbocycles. The van der Waals surface area contributed by atoms with Gasteiger partial charge in [0.1, 0.15) is 6.10 Å². The van der Waals surface area contributed by atoms with E-state index in [9.17, 15) is 9.59 Å². The van der Waals surface area contributed by atoms with E-state index in [0.717, 1.165) is 25.7 Å². The topological polar surface area (TPSA) is 52.6 Å². The third kappa shape index (κ3) is 2.69. The molecule has 2 saturated carbocycles. The number of ether oxygens (including phenoxy) is 2. The van der Waals surface area contributed by atoms with E-state index >= 15 is 0 Å². The molecule has 4 nitrogen and oxygen atoms in total. The van der Waals surface area contributed by atoms with Crippen molar-refractivity contribution in [2.75, 3.05) is 0 Å². The molecule has 0 aromatic rings. The lowest BCUT2D eigenvalue weighted by molar-refractivity contribution is -0.172. The maximum Gasteiger partial charge on any atom is 0.347 e. The van der Waals surface area contributed by atoms with Gasteiger partial charge in [0.05, 0.1) is 0 Å². The average Bonchev–Trinajstić information content (AvgIpc) is 2.76. The van der Waals surface area contributed by atoms with E-state index in [-0.39, 0.29) is 22.9 Å². The summed E-state index contributed by atoms with van der Waals surface area (Å²) in [7, 11) is 0. The fourth-order valence-corrected chi connectivity index (χ4v) is 4.22. The van der Waals surface area contributed by atoms with Gasteiger partial charge in [0, 0.05) is 5.41 Å². The van der Waals surface area contributed by atoms with Gasteiger partial charge < -0.3 is 9.47 Å². The van der Waals surface area contributed by atoms with Gasteiger partial charge in [-0.3, -0.25) is 4.79 Å². The summed E-state index contributed by atoms with van der Waals surface area (Å²) in [6, 6.07) is 0. The van der Waals surface area contributed by atoms with Gasteiger partial charge in [-0.15, -0.1) is 0 Å². The molecule has 0 aliphatic heterocycles. The van der Waals surface area contributed by atoms with Crippen LogP contribution in [0.1, 0.15) is 66.2 Å². The predicted octanol–water partition coefficient (Wildman–Crippen LogP) is 3.48. The first-order valence-corrected chi connectivity index (χ1v) is 8.16. The number of hydrogen-bond acceptors (Lipinski definition) is 4. The molecule has 0 amide bonds. The maximum atomic E-state index is 12.3. The van der Waals surface area contributed by atoms with E-state index in [0.29, 0.717) is 18.8 Å². The lowest BCUT2D eigenvalue weighted by atomic mass is 9.70. The highest BCUT2D eigenvalue weighted by atomic mass is 16.6. The summed E-state index contributed by atoms with van der Waals surface area (Å²) in [5.41, 5.74) is 0.256. The highest BCUT2D eigenvalue weighted by Gasteiger charge is 2.63. The van der Waals surface area contributed by atoms with Crippen molar-refractivity contribution in [3.05, 3.63) is 0 Å². The molecule has 4 heteroatoms. The monoisotopic (exact) mass is 296 g/mol. The molecular formula is C17H28O4. The Morgan fingerprint density at radius 1 is 1.38 bits per heavy atom. The molecule has 2 rings (SSSR count). The zero-order valence-electron chi connectivity index (χ0n) is 13.7. The van der Waals surface area contributed by atoms with Crippen LogP contribution in [-0.4, -0.2) is 24.6 Å². The molecule has 0 saturated heterocycles. The maximum absolute atomic E-state index is 12.3. The van der Waals surface area contributed by atoms with Gasteiger partial charge in [0.25, 0.3) is 6.47 Å². The number of hydrogen-bond donors (Lipinski definition) is 0. The highest BCUT2D eigenvalue weighted by Crippen LogP contribution is 2.66. The van der Waals surface area contributed by atoms with Crippen molar-refractivity contribution in [1.29, 1.82) is 0 Å². The van der Waals surface area contributed by atoms with Gasteiger partial charge in [-0.25, -0.2) is 4.79 Å². The SMILES string of the molecule is CCCCC(OC=O)C(=O)OC1CC2CCC1(C)C2(C)C. The molecule has 0 spiro atoms. The molecular weight excluding hydrogens is 268 g/mol. The molecule has 0 heterocycles. The highest BCUT2D eigenvalue weighted by molar-refractivity contribution is 5.76. The van der Waals surface area contributed by atoms with Crippen LogP contribution < -0.4 is 0 Å². The summed E-state index contributed by atoms with van der Waals surface area (Å²) in [4.78, 5) is 22.9. The Bertz CT molecular complexity index is 404. The first kappa shape index (κ1) is 16.3. The van der Waals surface area contributed by atoms with Gasteiger partial charge >= 0.3 is 5.97 Å². The molecule has 0 N–H and O–H groups in total. The third-order valence-corrected chi connectivity index (χ3v) is 6.27. The second-order valence-electron chi connectivity index (χ2n) is 7.40. The number of carbonyl (C=O) groups is 2. The molecule has 0 radical (unpaired) electrons. The third-order valence-electron chi connectivity index (χ3n) is 6.27. The summed E-state index contributed by atoms with van der Waals surface area (Å²) in [6.45, 7) is 9.21. The smallest absolute Gasteiger partial charge is 0.347 e. The Labute approximate surface area is 127 Å². The van der Waals surface area contributed by atoms with Crippen molar-refractivity contribution in [3.63, 3.8) is 0 Å². The van der Waals surface area contributed by atoms with Crippen LogP contribution in [0.2, 0.25) is 0 Å². The Balaban J connectivity index is 2.01. The van der Waals surface area contributed by atoms with Crippen molar-refractivity contribution in [1.82, 2.24) is 0 Å². The van der Waals surface area contributed by atoms with Crippen LogP contribution in [0.3, 0.4) is 0 Å². The zero-order valence-corrected chi connectivity index (χ0v) is 13.7. The van der Waals surface area contributed by atoms with E-state index in [1.165, 1.54) is 6.42 Å². The minimum Gasteiger partial charge on any atom is -0.459 e. The first-order valence-electron chi connectivity index (χ1n) is 8.16. The van der Waals surface area contributed by atoms with Crippen LogP contribution in [0.15, 0.2) is 0 Å².